The lowest BCUT2D eigenvalue weighted by Crippen LogP contribution is -2.65. The summed E-state index contributed by atoms with van der Waals surface area (Å²) in [6.07, 6.45) is 3.04. The van der Waals surface area contributed by atoms with Gasteiger partial charge in [-0.2, -0.15) is 0 Å². The van der Waals surface area contributed by atoms with Gasteiger partial charge in [-0.05, 0) is 61.5 Å². The van der Waals surface area contributed by atoms with E-state index in [1.807, 2.05) is 6.92 Å². The summed E-state index contributed by atoms with van der Waals surface area (Å²) in [5.74, 6) is -1.13. The molecule has 6 nitrogen and oxygen atoms in total. The Morgan fingerprint density at radius 3 is 2.31 bits per heavy atom. The number of rotatable bonds is 3. The molecule has 1 spiro atoms. The molecule has 0 aromatic carbocycles. The smallest absolute Gasteiger partial charge is 0.334 e. The number of aliphatic hydroxyl groups excluding tert-OH is 2. The van der Waals surface area contributed by atoms with Crippen LogP contribution in [-0.4, -0.2) is 51.5 Å². The monoisotopic (exact) mass is 494 g/mol. The Morgan fingerprint density at radius 2 is 1.80 bits per heavy atom. The highest BCUT2D eigenvalue weighted by atomic mass is 16.6. The van der Waals surface area contributed by atoms with Crippen molar-refractivity contribution in [3.63, 3.8) is 0 Å². The zero-order valence-electron chi connectivity index (χ0n) is 19.2. The van der Waals surface area contributed by atoms with Crippen molar-refractivity contribution in [2.75, 3.05) is 6.61 Å². The van der Waals surface area contributed by atoms with Gasteiger partial charge in [0.15, 0.2) is 17.5 Å². The molecule has 2 saturated carbocycles. The lowest BCUT2D eigenvalue weighted by atomic mass is 9.59. The van der Waals surface area contributed by atoms with Crippen LogP contribution in [0.2, 0.25) is 0 Å². The van der Waals surface area contributed by atoms with Crippen molar-refractivity contribution in [2.24, 2.45) is 34.5 Å². The van der Waals surface area contributed by atoms with Gasteiger partial charge in [0.1, 0.15) is 6.10 Å². The molecule has 0 radical (unpaired) electrons. The summed E-state index contributed by atoms with van der Waals surface area (Å²) in [5, 5.41) is 33.7. The number of hydrogen-bond acceptors (Lipinski definition) is 6. The van der Waals surface area contributed by atoms with Crippen LogP contribution in [0.15, 0.2) is 34.9 Å². The van der Waals surface area contributed by atoms with E-state index in [1.54, 1.807) is 39.0 Å². The molecule has 2 bridgehead atoms. The fraction of sp³-hybridized carbons (Fsp3) is 0.724. The molecule has 202 valence electrons. The predicted molar refractivity (Wildman–Crippen MR) is 142 cm³/mol. The van der Waals surface area contributed by atoms with Crippen LogP contribution in [0.3, 0.4) is 0 Å². The molecule has 0 aromatic rings. The maximum absolute atomic E-state index is 14.2. The molecule has 0 aliphatic heterocycles. The molecule has 4 aliphatic rings. The number of ketones is 1. The highest BCUT2D eigenvalue weighted by Gasteiger charge is 2.76. The topological polar surface area (TPSA) is 104 Å². The molecule has 0 heterocycles. The first-order valence-corrected chi connectivity index (χ1v) is 11.2. The summed E-state index contributed by atoms with van der Waals surface area (Å²) >= 11 is 0. The van der Waals surface area contributed by atoms with Crippen molar-refractivity contribution in [3.8, 4) is 0 Å². The Bertz CT molecular complexity index is 927. The van der Waals surface area contributed by atoms with Gasteiger partial charge in [0, 0.05) is 11.5 Å². The molecule has 6 heteroatoms. The molecule has 8 atom stereocenters. The molecule has 35 heavy (non-hydrogen) atoms. The van der Waals surface area contributed by atoms with Gasteiger partial charge in [0.2, 0.25) is 0 Å². The minimum Gasteiger partial charge on any atom is -0.451 e. The Labute approximate surface area is 213 Å². The number of esters is 1. The largest absolute Gasteiger partial charge is 0.451 e. The second-order valence-electron chi connectivity index (χ2n) is 10.6. The molecule has 0 amide bonds. The normalized spacial score (nSPS) is 40.4. The first-order chi connectivity index (χ1) is 14.4. The van der Waals surface area contributed by atoms with Gasteiger partial charge in [-0.25, -0.2) is 4.79 Å². The summed E-state index contributed by atoms with van der Waals surface area (Å²) in [6.45, 7) is 10.8. The van der Waals surface area contributed by atoms with Crippen molar-refractivity contribution < 1.29 is 29.6 Å². The van der Waals surface area contributed by atoms with Crippen LogP contribution in [0, 0.1) is 34.5 Å². The van der Waals surface area contributed by atoms with Crippen LogP contribution in [0.5, 0.6) is 0 Å². The third-order valence-corrected chi connectivity index (χ3v) is 8.88. The summed E-state index contributed by atoms with van der Waals surface area (Å²) in [6, 6.07) is 0. The maximum atomic E-state index is 14.2. The molecular formula is C29H50O6. The fourth-order valence-corrected chi connectivity index (χ4v) is 6.91. The van der Waals surface area contributed by atoms with E-state index in [4.69, 9.17) is 4.74 Å². The van der Waals surface area contributed by atoms with E-state index in [2.05, 4.69) is 13.8 Å². The van der Waals surface area contributed by atoms with Gasteiger partial charge in [0.05, 0.1) is 12.0 Å². The highest BCUT2D eigenvalue weighted by Crippen LogP contribution is 2.71. The van der Waals surface area contributed by atoms with Gasteiger partial charge < -0.3 is 20.1 Å². The maximum Gasteiger partial charge on any atom is 0.334 e. The first kappa shape index (κ1) is 33.2. The lowest BCUT2D eigenvalue weighted by Gasteiger charge is -2.48. The second kappa shape index (κ2) is 10.3. The summed E-state index contributed by atoms with van der Waals surface area (Å²) in [7, 11) is 0. The Kier molecular flexibility index (Phi) is 9.79. The van der Waals surface area contributed by atoms with Crippen LogP contribution in [0.25, 0.3) is 0 Å². The van der Waals surface area contributed by atoms with E-state index >= 15 is 0 Å². The van der Waals surface area contributed by atoms with E-state index in [0.29, 0.717) is 17.1 Å². The number of Topliss-reactive ketones (excluding diaryl/α,β-unsaturated/α-hetero) is 1. The number of ether oxygens (including phenoxy) is 1. The second-order valence-corrected chi connectivity index (χ2v) is 10.6. The SMILES string of the molecule is C.C.C.C.C/C=C(\C)C(=O)O[C@H]1C(C)=C[C@]23C(=O)[C@@H](C=C(CO)[C@@H](O)[C@]12O)[C@H]1[C@@H](C[C@H]3C)C1(C)C. The van der Waals surface area contributed by atoms with Crippen LogP contribution < -0.4 is 0 Å². The van der Waals surface area contributed by atoms with Crippen LogP contribution in [0.1, 0.15) is 77.7 Å². The molecule has 2 fully saturated rings. The molecular weight excluding hydrogens is 444 g/mol. The Balaban J connectivity index is 0.00000289. The quantitative estimate of drug-likeness (QED) is 0.294. The van der Waals surface area contributed by atoms with Gasteiger partial charge in [-0.15, -0.1) is 0 Å². The van der Waals surface area contributed by atoms with E-state index < -0.39 is 41.7 Å². The fourth-order valence-electron chi connectivity index (χ4n) is 6.91. The first-order valence-electron chi connectivity index (χ1n) is 11.2. The average Bonchev–Trinajstić information content (AvgIpc) is 3.21. The molecule has 0 aromatic heterocycles. The number of aliphatic hydroxyl groups is 3. The number of hydrogen-bond donors (Lipinski definition) is 3. The van der Waals surface area contributed by atoms with Crippen molar-refractivity contribution in [2.45, 2.75) is 95.5 Å². The third-order valence-electron chi connectivity index (χ3n) is 8.88. The molecule has 0 unspecified atom stereocenters. The third kappa shape index (κ3) is 3.96. The van der Waals surface area contributed by atoms with Crippen molar-refractivity contribution >= 4 is 11.8 Å². The van der Waals surface area contributed by atoms with E-state index in [0.717, 1.165) is 6.42 Å². The lowest BCUT2D eigenvalue weighted by molar-refractivity contribution is -0.201. The van der Waals surface area contributed by atoms with Crippen LogP contribution >= 0.6 is 0 Å². The van der Waals surface area contributed by atoms with Crippen molar-refractivity contribution in [1.29, 1.82) is 0 Å². The zero-order chi connectivity index (χ0) is 23.1. The van der Waals surface area contributed by atoms with Crippen LogP contribution in [-0.2, 0) is 14.3 Å². The van der Waals surface area contributed by atoms with E-state index in [1.165, 1.54) is 0 Å². The summed E-state index contributed by atoms with van der Waals surface area (Å²) < 4.78 is 5.72. The van der Waals surface area contributed by atoms with Gasteiger partial charge in [-0.1, -0.05) is 68.7 Å². The Hall–Kier alpha value is -1.76. The number of fused-ring (bicyclic) bond motifs is 3. The number of carbonyl (C=O) groups is 2. The molecule has 0 saturated heterocycles. The number of carbonyl (C=O) groups excluding carboxylic acids is 2. The molecule has 4 rings (SSSR count). The predicted octanol–water partition coefficient (Wildman–Crippen LogP) is 4.88. The van der Waals surface area contributed by atoms with Crippen LogP contribution in [0.4, 0.5) is 0 Å². The van der Waals surface area contributed by atoms with Gasteiger partial charge in [-0.3, -0.25) is 4.79 Å². The highest BCUT2D eigenvalue weighted by molar-refractivity contribution is 5.96. The van der Waals surface area contributed by atoms with Gasteiger partial charge in [0.25, 0.3) is 0 Å². The minimum atomic E-state index is -2.08. The minimum absolute atomic E-state index is 0. The Morgan fingerprint density at radius 1 is 1.23 bits per heavy atom. The van der Waals surface area contributed by atoms with Crippen molar-refractivity contribution in [1.82, 2.24) is 0 Å². The number of allylic oxidation sites excluding steroid dienone is 2. The van der Waals surface area contributed by atoms with Gasteiger partial charge >= 0.3 is 5.97 Å². The van der Waals surface area contributed by atoms with E-state index in [-0.39, 0.29) is 58.3 Å². The average molecular weight is 495 g/mol. The summed E-state index contributed by atoms with van der Waals surface area (Å²) in [5.41, 5.74) is -2.36. The molecule has 3 N–H and O–H groups in total. The zero-order valence-corrected chi connectivity index (χ0v) is 19.2. The standard InChI is InChI=1S/C25H34O6.4CH4/c1-7-12(2)22(29)31-21-13(3)10-24-14(4)8-17-18(23(17,5)6)16(20(24)28)9-15(11-26)19(27)25(21,24)30;;;;/h7,9-10,14,16-19,21,26-27,30H,8,11H2,1-6H3;4*1H4/b12-7+;;;;/t14-,16+,17-,18+,19-,21+,24+,25+;;;;/m1..../s1. The van der Waals surface area contributed by atoms with Crippen molar-refractivity contribution in [3.05, 3.63) is 34.9 Å². The summed E-state index contributed by atoms with van der Waals surface area (Å²) in [4.78, 5) is 26.8. The van der Waals surface area contributed by atoms with E-state index in [9.17, 15) is 24.9 Å². The molecule has 4 aliphatic carbocycles.